The van der Waals surface area contributed by atoms with Gasteiger partial charge in [-0.25, -0.2) is 0 Å². The molecular weight excluding hydrogens is 332 g/mol. The Balaban J connectivity index is 1.76. The van der Waals surface area contributed by atoms with Gasteiger partial charge in [0.15, 0.2) is 0 Å². The summed E-state index contributed by atoms with van der Waals surface area (Å²) >= 11 is 0. The molecule has 2 amide bonds. The largest absolute Gasteiger partial charge is 0.495 e. The number of amides is 2. The Morgan fingerprint density at radius 2 is 2.00 bits per heavy atom. The second-order valence-electron chi connectivity index (χ2n) is 6.11. The van der Waals surface area contributed by atoms with Crippen molar-refractivity contribution < 1.29 is 19.1 Å². The molecule has 0 saturated carbocycles. The SMILES string of the molecule is COc1ccccc1N(C)C(=O)c1cccc(NC(=O)C2CCCO2)c1. The van der Waals surface area contributed by atoms with Crippen LogP contribution in [0.1, 0.15) is 23.2 Å². The monoisotopic (exact) mass is 354 g/mol. The number of carbonyl (C=O) groups excluding carboxylic acids is 2. The van der Waals surface area contributed by atoms with Crippen molar-refractivity contribution in [3.8, 4) is 5.75 Å². The van der Waals surface area contributed by atoms with Gasteiger partial charge in [-0.2, -0.15) is 0 Å². The molecule has 3 rings (SSSR count). The van der Waals surface area contributed by atoms with Crippen LogP contribution in [0.25, 0.3) is 0 Å². The van der Waals surface area contributed by atoms with Crippen LogP contribution in [-0.2, 0) is 9.53 Å². The zero-order valence-electron chi connectivity index (χ0n) is 14.9. The van der Waals surface area contributed by atoms with E-state index < -0.39 is 6.10 Å². The maximum atomic E-state index is 12.8. The van der Waals surface area contributed by atoms with Gasteiger partial charge in [0.05, 0.1) is 12.8 Å². The number of hydrogen-bond donors (Lipinski definition) is 1. The van der Waals surface area contributed by atoms with E-state index in [2.05, 4.69) is 5.32 Å². The normalized spacial score (nSPS) is 16.2. The summed E-state index contributed by atoms with van der Waals surface area (Å²) in [6.45, 7) is 0.611. The summed E-state index contributed by atoms with van der Waals surface area (Å²) in [5.74, 6) is 0.249. The van der Waals surface area contributed by atoms with Gasteiger partial charge in [-0.1, -0.05) is 18.2 Å². The predicted octanol–water partition coefficient (Wildman–Crippen LogP) is 3.09. The van der Waals surface area contributed by atoms with Crippen molar-refractivity contribution in [2.24, 2.45) is 0 Å². The van der Waals surface area contributed by atoms with E-state index in [-0.39, 0.29) is 11.8 Å². The smallest absolute Gasteiger partial charge is 0.258 e. The molecule has 6 heteroatoms. The maximum absolute atomic E-state index is 12.8. The quantitative estimate of drug-likeness (QED) is 0.896. The lowest BCUT2D eigenvalue weighted by Gasteiger charge is -2.20. The fourth-order valence-electron chi connectivity index (χ4n) is 2.95. The van der Waals surface area contributed by atoms with E-state index in [0.29, 0.717) is 29.3 Å². The van der Waals surface area contributed by atoms with Crippen molar-refractivity contribution in [2.75, 3.05) is 31.0 Å². The third-order valence-electron chi connectivity index (χ3n) is 4.35. The summed E-state index contributed by atoms with van der Waals surface area (Å²) in [5, 5.41) is 2.82. The van der Waals surface area contributed by atoms with Gasteiger partial charge >= 0.3 is 0 Å². The molecule has 0 radical (unpaired) electrons. The Kier molecular flexibility index (Phi) is 5.53. The summed E-state index contributed by atoms with van der Waals surface area (Å²) < 4.78 is 10.7. The number of ether oxygens (including phenoxy) is 2. The van der Waals surface area contributed by atoms with Crippen LogP contribution in [0.5, 0.6) is 5.75 Å². The lowest BCUT2D eigenvalue weighted by molar-refractivity contribution is -0.124. The first kappa shape index (κ1) is 17.9. The Labute approximate surface area is 152 Å². The van der Waals surface area contributed by atoms with Crippen molar-refractivity contribution in [2.45, 2.75) is 18.9 Å². The molecule has 1 fully saturated rings. The molecule has 6 nitrogen and oxygen atoms in total. The minimum absolute atomic E-state index is 0.176. The standard InChI is InChI=1S/C20H22N2O4/c1-22(16-9-3-4-10-17(16)25-2)20(24)14-7-5-8-15(13-14)21-19(23)18-11-6-12-26-18/h3-5,7-10,13,18H,6,11-12H2,1-2H3,(H,21,23). The molecule has 136 valence electrons. The second kappa shape index (κ2) is 8.01. The highest BCUT2D eigenvalue weighted by molar-refractivity contribution is 6.07. The zero-order valence-corrected chi connectivity index (χ0v) is 14.9. The fraction of sp³-hybridized carbons (Fsp3) is 0.300. The number of nitrogens with one attached hydrogen (secondary N) is 1. The Bertz CT molecular complexity index is 800. The number of methoxy groups -OCH3 is 1. The molecule has 1 unspecified atom stereocenters. The highest BCUT2D eigenvalue weighted by atomic mass is 16.5. The lowest BCUT2D eigenvalue weighted by Crippen LogP contribution is -2.28. The molecule has 1 atom stereocenters. The summed E-state index contributed by atoms with van der Waals surface area (Å²) in [4.78, 5) is 26.6. The molecular formula is C20H22N2O4. The van der Waals surface area contributed by atoms with E-state index in [0.717, 1.165) is 12.8 Å². The third-order valence-corrected chi connectivity index (χ3v) is 4.35. The summed E-state index contributed by atoms with van der Waals surface area (Å²) in [5.41, 5.74) is 1.72. The molecule has 2 aromatic rings. The van der Waals surface area contributed by atoms with Crippen LogP contribution >= 0.6 is 0 Å². The molecule has 2 aromatic carbocycles. The molecule has 0 bridgehead atoms. The van der Waals surface area contributed by atoms with Crippen molar-refractivity contribution >= 4 is 23.2 Å². The van der Waals surface area contributed by atoms with Crippen molar-refractivity contribution in [3.63, 3.8) is 0 Å². The lowest BCUT2D eigenvalue weighted by atomic mass is 10.1. The van der Waals surface area contributed by atoms with Crippen molar-refractivity contribution in [1.82, 2.24) is 0 Å². The van der Waals surface area contributed by atoms with Gasteiger partial charge in [-0.05, 0) is 43.2 Å². The second-order valence-corrected chi connectivity index (χ2v) is 6.11. The number of hydrogen-bond acceptors (Lipinski definition) is 4. The number of benzene rings is 2. The van der Waals surface area contributed by atoms with Crippen LogP contribution in [0.2, 0.25) is 0 Å². The van der Waals surface area contributed by atoms with Crippen LogP contribution in [0.15, 0.2) is 48.5 Å². The highest BCUT2D eigenvalue weighted by Crippen LogP contribution is 2.28. The first-order valence-corrected chi connectivity index (χ1v) is 8.54. The van der Waals surface area contributed by atoms with Crippen LogP contribution in [0, 0.1) is 0 Å². The van der Waals surface area contributed by atoms with Gasteiger partial charge in [0.1, 0.15) is 11.9 Å². The third kappa shape index (κ3) is 3.86. The average molecular weight is 354 g/mol. The first-order chi connectivity index (χ1) is 12.6. The first-order valence-electron chi connectivity index (χ1n) is 8.54. The molecule has 1 N–H and O–H groups in total. The number of para-hydroxylation sites is 2. The van der Waals surface area contributed by atoms with E-state index in [1.807, 2.05) is 18.2 Å². The van der Waals surface area contributed by atoms with E-state index in [1.54, 1.807) is 44.5 Å². The fourth-order valence-corrected chi connectivity index (χ4v) is 2.95. The minimum atomic E-state index is -0.411. The summed E-state index contributed by atoms with van der Waals surface area (Å²) in [6.07, 6.45) is 1.20. The predicted molar refractivity (Wildman–Crippen MR) is 99.8 cm³/mol. The minimum Gasteiger partial charge on any atom is -0.495 e. The van der Waals surface area contributed by atoms with Crippen LogP contribution in [0.3, 0.4) is 0 Å². The Morgan fingerprint density at radius 1 is 1.19 bits per heavy atom. The van der Waals surface area contributed by atoms with Crippen molar-refractivity contribution in [1.29, 1.82) is 0 Å². The Morgan fingerprint density at radius 3 is 2.73 bits per heavy atom. The number of anilines is 2. The van der Waals surface area contributed by atoms with Crippen LogP contribution < -0.4 is 15.0 Å². The summed E-state index contributed by atoms with van der Waals surface area (Å²) in [7, 11) is 3.26. The number of rotatable bonds is 5. The summed E-state index contributed by atoms with van der Waals surface area (Å²) in [6, 6.07) is 14.2. The van der Waals surface area contributed by atoms with Crippen LogP contribution in [0.4, 0.5) is 11.4 Å². The molecule has 0 aromatic heterocycles. The average Bonchev–Trinajstić information content (AvgIpc) is 3.22. The van der Waals surface area contributed by atoms with E-state index in [4.69, 9.17) is 9.47 Å². The zero-order chi connectivity index (χ0) is 18.5. The molecule has 1 aliphatic heterocycles. The van der Waals surface area contributed by atoms with Crippen molar-refractivity contribution in [3.05, 3.63) is 54.1 Å². The van der Waals surface area contributed by atoms with E-state index in [1.165, 1.54) is 4.90 Å². The molecule has 1 heterocycles. The number of nitrogens with zero attached hydrogens (tertiary/aromatic N) is 1. The Hall–Kier alpha value is -2.86. The van der Waals surface area contributed by atoms with Gasteiger partial charge in [0.2, 0.25) is 0 Å². The van der Waals surface area contributed by atoms with Gasteiger partial charge < -0.3 is 19.7 Å². The van der Waals surface area contributed by atoms with Gasteiger partial charge in [-0.3, -0.25) is 9.59 Å². The molecule has 26 heavy (non-hydrogen) atoms. The molecule has 1 aliphatic rings. The van der Waals surface area contributed by atoms with E-state index >= 15 is 0 Å². The van der Waals surface area contributed by atoms with Gasteiger partial charge in [0, 0.05) is 24.9 Å². The number of carbonyl (C=O) groups is 2. The maximum Gasteiger partial charge on any atom is 0.258 e. The highest BCUT2D eigenvalue weighted by Gasteiger charge is 2.24. The topological polar surface area (TPSA) is 67.9 Å². The van der Waals surface area contributed by atoms with Gasteiger partial charge in [-0.15, -0.1) is 0 Å². The van der Waals surface area contributed by atoms with Gasteiger partial charge in [0.25, 0.3) is 11.8 Å². The van der Waals surface area contributed by atoms with E-state index in [9.17, 15) is 9.59 Å². The van der Waals surface area contributed by atoms with Crippen LogP contribution in [-0.4, -0.2) is 38.7 Å². The molecule has 1 saturated heterocycles. The molecule has 0 spiro atoms. The molecule has 0 aliphatic carbocycles.